The van der Waals surface area contributed by atoms with E-state index in [2.05, 4.69) is 31.8 Å². The number of aromatic nitrogens is 5. The first-order chi connectivity index (χ1) is 14.1. The predicted molar refractivity (Wildman–Crippen MR) is 108 cm³/mol. The Kier molecular flexibility index (Phi) is 4.64. The summed E-state index contributed by atoms with van der Waals surface area (Å²) in [6.45, 7) is 2.77. The minimum atomic E-state index is -0.594. The maximum absolute atomic E-state index is 13.6. The largest absolute Gasteiger partial charge is 0.349 e. The molecular weight excluding hydrogens is 416 g/mol. The average Bonchev–Trinajstić information content (AvgIpc) is 3.29. The highest BCUT2D eigenvalue weighted by Crippen LogP contribution is 2.48. The monoisotopic (exact) mass is 433 g/mol. The highest BCUT2D eigenvalue weighted by molar-refractivity contribution is 6.43. The van der Waals surface area contributed by atoms with Crippen molar-refractivity contribution in [3.63, 3.8) is 0 Å². The number of nitrogens with one attached hydrogen (secondary N) is 1. The second-order valence-electron chi connectivity index (χ2n) is 7.35. The van der Waals surface area contributed by atoms with Gasteiger partial charge in [-0.25, -0.2) is 4.39 Å². The molecule has 29 heavy (non-hydrogen) atoms. The smallest absolute Gasteiger partial charge is 0.248 e. The van der Waals surface area contributed by atoms with Gasteiger partial charge in [0.05, 0.1) is 27.0 Å². The molecule has 0 bridgehead atoms. The van der Waals surface area contributed by atoms with Crippen LogP contribution in [0.5, 0.6) is 0 Å². The molecule has 2 fully saturated rings. The van der Waals surface area contributed by atoms with Crippen LogP contribution >= 0.6 is 23.2 Å². The fourth-order valence-electron chi connectivity index (χ4n) is 4.41. The SMILES string of the molecule is Fc1ccc(-n2nnnc2NCc2cccnc2C23CCCN2CC3)c(Cl)c1Cl. The zero-order valence-electron chi connectivity index (χ0n) is 15.4. The summed E-state index contributed by atoms with van der Waals surface area (Å²) >= 11 is 12.1. The van der Waals surface area contributed by atoms with Crippen LogP contribution < -0.4 is 5.32 Å². The number of tetrazole rings is 1. The molecule has 0 amide bonds. The van der Waals surface area contributed by atoms with Crippen LogP contribution in [0.3, 0.4) is 0 Å². The number of rotatable bonds is 5. The average molecular weight is 434 g/mol. The first kappa shape index (κ1) is 18.7. The van der Waals surface area contributed by atoms with Crippen LogP contribution in [0.25, 0.3) is 5.69 Å². The number of halogens is 3. The van der Waals surface area contributed by atoms with Gasteiger partial charge in [0.2, 0.25) is 5.95 Å². The van der Waals surface area contributed by atoms with Gasteiger partial charge in [-0.15, -0.1) is 0 Å². The van der Waals surface area contributed by atoms with Gasteiger partial charge in [-0.3, -0.25) is 9.88 Å². The summed E-state index contributed by atoms with van der Waals surface area (Å²) < 4.78 is 15.0. The second kappa shape index (κ2) is 7.19. The van der Waals surface area contributed by atoms with Crippen LogP contribution in [0.1, 0.15) is 30.5 Å². The minimum absolute atomic E-state index is 0.0547. The van der Waals surface area contributed by atoms with Crippen molar-refractivity contribution in [1.29, 1.82) is 0 Å². The van der Waals surface area contributed by atoms with Crippen molar-refractivity contribution in [2.75, 3.05) is 18.4 Å². The predicted octanol–water partition coefficient (Wildman–Crippen LogP) is 3.81. The molecule has 1 unspecified atom stereocenters. The van der Waals surface area contributed by atoms with Crippen molar-refractivity contribution in [3.05, 3.63) is 57.6 Å². The Morgan fingerprint density at radius 3 is 2.83 bits per heavy atom. The third kappa shape index (κ3) is 2.97. The van der Waals surface area contributed by atoms with Crippen molar-refractivity contribution in [2.45, 2.75) is 31.3 Å². The van der Waals surface area contributed by atoms with Crippen molar-refractivity contribution < 1.29 is 4.39 Å². The number of pyridine rings is 1. The molecule has 10 heteroatoms. The van der Waals surface area contributed by atoms with Gasteiger partial charge in [0.25, 0.3) is 0 Å². The van der Waals surface area contributed by atoms with Gasteiger partial charge in [-0.05, 0) is 60.0 Å². The maximum atomic E-state index is 13.6. The van der Waals surface area contributed by atoms with Crippen molar-refractivity contribution in [1.82, 2.24) is 30.1 Å². The summed E-state index contributed by atoms with van der Waals surface area (Å²) in [6.07, 6.45) is 5.33. The third-order valence-electron chi connectivity index (χ3n) is 5.90. The zero-order chi connectivity index (χ0) is 20.0. The van der Waals surface area contributed by atoms with Crippen molar-refractivity contribution in [3.8, 4) is 5.69 Å². The molecule has 2 saturated heterocycles. The lowest BCUT2D eigenvalue weighted by Gasteiger charge is -2.48. The van der Waals surface area contributed by atoms with Gasteiger partial charge in [0, 0.05) is 19.3 Å². The Morgan fingerprint density at radius 2 is 2.03 bits per heavy atom. The standard InChI is InChI=1S/C19H18Cl2FN7/c20-15-13(22)4-5-14(16(15)21)29-18(25-26-27-29)24-11-12-3-1-8-23-17(12)19-6-2-9-28(19)10-7-19/h1,3-5,8H,2,6-7,9-11H2,(H,24,25,27). The Bertz CT molecular complexity index is 1070. The van der Waals surface area contributed by atoms with Gasteiger partial charge >= 0.3 is 0 Å². The molecule has 4 heterocycles. The van der Waals surface area contributed by atoms with Crippen LogP contribution in [0.15, 0.2) is 30.5 Å². The van der Waals surface area contributed by atoms with E-state index in [1.807, 2.05) is 12.3 Å². The molecule has 2 aromatic heterocycles. The van der Waals surface area contributed by atoms with E-state index in [4.69, 9.17) is 28.2 Å². The molecule has 1 aromatic carbocycles. The number of nitrogens with zero attached hydrogens (tertiary/aromatic N) is 6. The minimum Gasteiger partial charge on any atom is -0.349 e. The van der Waals surface area contributed by atoms with Gasteiger partial charge < -0.3 is 5.32 Å². The molecule has 0 spiro atoms. The van der Waals surface area contributed by atoms with E-state index in [-0.39, 0.29) is 15.6 Å². The lowest BCUT2D eigenvalue weighted by molar-refractivity contribution is 0.0197. The normalized spacial score (nSPS) is 21.1. The van der Waals surface area contributed by atoms with Crippen LogP contribution in [-0.4, -0.2) is 43.2 Å². The quantitative estimate of drug-likeness (QED) is 0.616. The number of fused-ring (bicyclic) bond motifs is 1. The van der Waals surface area contributed by atoms with E-state index in [0.29, 0.717) is 18.2 Å². The number of benzene rings is 1. The van der Waals surface area contributed by atoms with Crippen LogP contribution in [-0.2, 0) is 12.1 Å². The molecule has 1 N–H and O–H groups in total. The molecular formula is C19H18Cl2FN7. The first-order valence-corrected chi connectivity index (χ1v) is 10.2. The molecule has 1 atom stereocenters. The van der Waals surface area contributed by atoms with Gasteiger partial charge in [-0.1, -0.05) is 34.4 Å². The number of anilines is 1. The van der Waals surface area contributed by atoms with Gasteiger partial charge in [0.15, 0.2) is 0 Å². The summed E-state index contributed by atoms with van der Waals surface area (Å²) in [7, 11) is 0. The lowest BCUT2D eigenvalue weighted by Crippen LogP contribution is -2.53. The molecule has 0 saturated carbocycles. The Labute approximate surface area is 176 Å². The highest BCUT2D eigenvalue weighted by Gasteiger charge is 2.50. The maximum Gasteiger partial charge on any atom is 0.248 e. The summed E-state index contributed by atoms with van der Waals surface area (Å²) in [5, 5.41) is 14.9. The van der Waals surface area contributed by atoms with Gasteiger partial charge in [-0.2, -0.15) is 4.68 Å². The Balaban J connectivity index is 1.42. The zero-order valence-corrected chi connectivity index (χ0v) is 17.0. The summed E-state index contributed by atoms with van der Waals surface area (Å²) in [5.74, 6) is -0.206. The van der Waals surface area contributed by atoms with Crippen molar-refractivity contribution >= 4 is 29.2 Å². The van der Waals surface area contributed by atoms with Crippen LogP contribution in [0.2, 0.25) is 10.0 Å². The molecule has 2 aliphatic heterocycles. The van der Waals surface area contributed by atoms with Crippen LogP contribution in [0, 0.1) is 5.82 Å². The fourth-order valence-corrected chi connectivity index (χ4v) is 4.80. The summed E-state index contributed by atoms with van der Waals surface area (Å²) in [6, 6.07) is 6.74. The molecule has 0 aliphatic carbocycles. The van der Waals surface area contributed by atoms with Gasteiger partial charge in [0.1, 0.15) is 5.82 Å². The van der Waals surface area contributed by atoms with E-state index < -0.39 is 5.82 Å². The Hall–Kier alpha value is -2.29. The molecule has 150 valence electrons. The van der Waals surface area contributed by atoms with E-state index >= 15 is 0 Å². The lowest BCUT2D eigenvalue weighted by atomic mass is 9.79. The van der Waals surface area contributed by atoms with Crippen LogP contribution in [0.4, 0.5) is 10.3 Å². The van der Waals surface area contributed by atoms with E-state index in [1.165, 1.54) is 23.2 Å². The fraction of sp³-hybridized carbons (Fsp3) is 0.368. The molecule has 7 nitrogen and oxygen atoms in total. The summed E-state index contributed by atoms with van der Waals surface area (Å²) in [4.78, 5) is 7.25. The molecule has 3 aromatic rings. The molecule has 0 radical (unpaired) electrons. The van der Waals surface area contributed by atoms with E-state index in [0.717, 1.165) is 37.2 Å². The second-order valence-corrected chi connectivity index (χ2v) is 8.10. The van der Waals surface area contributed by atoms with E-state index in [9.17, 15) is 4.39 Å². The number of hydrogen-bond donors (Lipinski definition) is 1. The molecule has 5 rings (SSSR count). The third-order valence-corrected chi connectivity index (χ3v) is 6.75. The first-order valence-electron chi connectivity index (χ1n) is 9.46. The highest BCUT2D eigenvalue weighted by atomic mass is 35.5. The van der Waals surface area contributed by atoms with E-state index in [1.54, 1.807) is 0 Å². The van der Waals surface area contributed by atoms with Crippen molar-refractivity contribution in [2.24, 2.45) is 0 Å². The Morgan fingerprint density at radius 1 is 1.14 bits per heavy atom. The summed E-state index contributed by atoms with van der Waals surface area (Å²) in [5.41, 5.74) is 2.70. The molecule has 2 aliphatic rings. The topological polar surface area (TPSA) is 71.8 Å². The number of hydrogen-bond acceptors (Lipinski definition) is 6.